The van der Waals surface area contributed by atoms with Crippen LogP contribution in [0.4, 0.5) is 0 Å². The number of hydrogen-bond donors (Lipinski definition) is 1. The number of aromatic carboxylic acids is 1. The van der Waals surface area contributed by atoms with Gasteiger partial charge in [0.15, 0.2) is 0 Å². The molecule has 0 atom stereocenters. The largest absolute Gasteiger partial charge is 0.478 e. The lowest BCUT2D eigenvalue weighted by Crippen LogP contribution is -1.98. The predicted octanol–water partition coefficient (Wildman–Crippen LogP) is 1.30. The van der Waals surface area contributed by atoms with Crippen LogP contribution in [0.25, 0.3) is 0 Å². The predicted molar refractivity (Wildman–Crippen MR) is 40.9 cm³/mol. The minimum absolute atomic E-state index is 0.0162. The molecular formula is C7H3ClN2O2. The van der Waals surface area contributed by atoms with Crippen LogP contribution in [-0.2, 0) is 0 Å². The van der Waals surface area contributed by atoms with E-state index < -0.39 is 5.97 Å². The molecule has 0 fully saturated rings. The fourth-order valence-electron chi connectivity index (χ4n) is 0.643. The van der Waals surface area contributed by atoms with Crippen LogP contribution in [0.1, 0.15) is 15.9 Å². The molecule has 0 aromatic carbocycles. The summed E-state index contributed by atoms with van der Waals surface area (Å²) in [5.74, 6) is -1.13. The molecule has 12 heavy (non-hydrogen) atoms. The van der Waals surface area contributed by atoms with Crippen molar-refractivity contribution >= 4 is 17.6 Å². The second-order valence-electron chi connectivity index (χ2n) is 1.98. The first kappa shape index (κ1) is 8.50. The number of nitriles is 1. The molecule has 4 nitrogen and oxygen atoms in total. The monoisotopic (exact) mass is 182 g/mol. The third kappa shape index (κ3) is 1.52. The Balaban J connectivity index is 3.25. The molecule has 1 N–H and O–H groups in total. The Labute approximate surface area is 73.0 Å². The van der Waals surface area contributed by atoms with Crippen molar-refractivity contribution in [3.05, 3.63) is 28.5 Å². The fraction of sp³-hybridized carbons (Fsp3) is 0. The topological polar surface area (TPSA) is 74.0 Å². The van der Waals surface area contributed by atoms with Crippen molar-refractivity contribution in [1.29, 1.82) is 5.26 Å². The number of hydrogen-bond acceptors (Lipinski definition) is 3. The maximum absolute atomic E-state index is 10.4. The lowest BCUT2D eigenvalue weighted by molar-refractivity contribution is 0.0696. The van der Waals surface area contributed by atoms with E-state index in [1.165, 1.54) is 6.07 Å². The molecular weight excluding hydrogens is 180 g/mol. The zero-order valence-corrected chi connectivity index (χ0v) is 6.54. The lowest BCUT2D eigenvalue weighted by Gasteiger charge is -1.95. The molecule has 0 saturated carbocycles. The molecule has 60 valence electrons. The summed E-state index contributed by atoms with van der Waals surface area (Å²) in [5.41, 5.74) is 0.0208. The summed E-state index contributed by atoms with van der Waals surface area (Å²) in [7, 11) is 0. The van der Waals surface area contributed by atoms with Crippen LogP contribution in [0, 0.1) is 11.3 Å². The van der Waals surface area contributed by atoms with Gasteiger partial charge in [-0.1, -0.05) is 11.6 Å². The highest BCUT2D eigenvalue weighted by Gasteiger charge is 2.07. The van der Waals surface area contributed by atoms with Crippen LogP contribution < -0.4 is 0 Å². The lowest BCUT2D eigenvalue weighted by atomic mass is 10.2. The van der Waals surface area contributed by atoms with Crippen molar-refractivity contribution in [1.82, 2.24) is 4.98 Å². The Bertz CT molecular complexity index is 370. The molecule has 1 rings (SSSR count). The molecule has 0 spiro atoms. The average molecular weight is 183 g/mol. The Morgan fingerprint density at radius 2 is 2.42 bits per heavy atom. The van der Waals surface area contributed by atoms with Crippen LogP contribution >= 0.6 is 11.6 Å². The van der Waals surface area contributed by atoms with Gasteiger partial charge in [-0.2, -0.15) is 5.26 Å². The number of carboxylic acid groups (broad SMARTS) is 1. The second kappa shape index (κ2) is 3.20. The summed E-state index contributed by atoms with van der Waals surface area (Å²) >= 11 is 5.47. The number of aromatic nitrogens is 1. The number of pyridine rings is 1. The van der Waals surface area contributed by atoms with Gasteiger partial charge >= 0.3 is 5.97 Å². The normalized spacial score (nSPS) is 9.00. The van der Waals surface area contributed by atoms with E-state index in [9.17, 15) is 4.79 Å². The summed E-state index contributed by atoms with van der Waals surface area (Å²) in [6.07, 6.45) is 1.10. The van der Waals surface area contributed by atoms with Crippen molar-refractivity contribution in [2.75, 3.05) is 0 Å². The molecule has 1 aromatic rings. The Morgan fingerprint density at radius 1 is 1.75 bits per heavy atom. The van der Waals surface area contributed by atoms with Gasteiger partial charge in [0.2, 0.25) is 0 Å². The summed E-state index contributed by atoms with van der Waals surface area (Å²) in [6, 6.07) is 2.91. The van der Waals surface area contributed by atoms with E-state index in [1.54, 1.807) is 6.07 Å². The SMILES string of the molecule is N#Cc1cc(C(=O)O)cnc1Cl. The number of halogens is 1. The molecule has 0 saturated heterocycles. The van der Waals surface area contributed by atoms with Crippen molar-refractivity contribution < 1.29 is 9.90 Å². The van der Waals surface area contributed by atoms with Crippen molar-refractivity contribution in [2.45, 2.75) is 0 Å². The summed E-state index contributed by atoms with van der Waals surface area (Å²) in [6.45, 7) is 0. The van der Waals surface area contributed by atoms with Gasteiger partial charge < -0.3 is 5.11 Å². The minimum Gasteiger partial charge on any atom is -0.478 e. The van der Waals surface area contributed by atoms with Gasteiger partial charge in [-0.3, -0.25) is 0 Å². The third-order valence-corrected chi connectivity index (χ3v) is 1.51. The summed E-state index contributed by atoms with van der Waals surface area (Å²) in [4.78, 5) is 13.9. The molecule has 0 bridgehead atoms. The van der Waals surface area contributed by atoms with E-state index in [4.69, 9.17) is 22.0 Å². The quantitative estimate of drug-likeness (QED) is 0.665. The molecule has 0 radical (unpaired) electrons. The Kier molecular flexibility index (Phi) is 2.26. The first-order valence-electron chi connectivity index (χ1n) is 2.94. The zero-order valence-electron chi connectivity index (χ0n) is 5.78. The van der Waals surface area contributed by atoms with Crippen LogP contribution in [0.3, 0.4) is 0 Å². The van der Waals surface area contributed by atoms with Crippen molar-refractivity contribution in [2.24, 2.45) is 0 Å². The standard InChI is InChI=1S/C7H3ClN2O2/c8-6-4(2-9)1-5(3-10-6)7(11)12/h1,3H,(H,11,12). The van der Waals surface area contributed by atoms with E-state index in [2.05, 4.69) is 4.98 Å². The molecule has 0 unspecified atom stereocenters. The van der Waals surface area contributed by atoms with E-state index in [1.807, 2.05) is 0 Å². The fourth-order valence-corrected chi connectivity index (χ4v) is 0.789. The van der Waals surface area contributed by atoms with E-state index in [-0.39, 0.29) is 16.3 Å². The number of carboxylic acids is 1. The van der Waals surface area contributed by atoms with Gasteiger partial charge in [0, 0.05) is 6.20 Å². The summed E-state index contributed by atoms with van der Waals surface area (Å²) < 4.78 is 0. The van der Waals surface area contributed by atoms with Crippen molar-refractivity contribution in [3.63, 3.8) is 0 Å². The Hall–Kier alpha value is -1.60. The maximum atomic E-state index is 10.4. The maximum Gasteiger partial charge on any atom is 0.337 e. The van der Waals surface area contributed by atoms with Gasteiger partial charge in [-0.15, -0.1) is 0 Å². The van der Waals surface area contributed by atoms with Gasteiger partial charge in [0.05, 0.1) is 11.1 Å². The molecule has 1 aromatic heterocycles. The Morgan fingerprint density at radius 3 is 2.92 bits per heavy atom. The first-order chi connectivity index (χ1) is 5.65. The van der Waals surface area contributed by atoms with Crippen molar-refractivity contribution in [3.8, 4) is 6.07 Å². The van der Waals surface area contributed by atoms with Crippen LogP contribution in [-0.4, -0.2) is 16.1 Å². The van der Waals surface area contributed by atoms with Crippen LogP contribution in [0.5, 0.6) is 0 Å². The van der Waals surface area contributed by atoms with Crippen LogP contribution in [0.15, 0.2) is 12.3 Å². The van der Waals surface area contributed by atoms with Gasteiger partial charge in [-0.05, 0) is 6.07 Å². The number of nitrogens with zero attached hydrogens (tertiary/aromatic N) is 2. The minimum atomic E-state index is -1.13. The molecule has 0 aliphatic heterocycles. The van der Waals surface area contributed by atoms with E-state index in [0.717, 1.165) is 6.20 Å². The van der Waals surface area contributed by atoms with Gasteiger partial charge in [-0.25, -0.2) is 9.78 Å². The molecule has 0 aliphatic rings. The highest BCUT2D eigenvalue weighted by molar-refractivity contribution is 6.30. The average Bonchev–Trinajstić information content (AvgIpc) is 2.05. The molecule has 0 aliphatic carbocycles. The number of rotatable bonds is 1. The highest BCUT2D eigenvalue weighted by Crippen LogP contribution is 2.12. The molecule has 5 heteroatoms. The van der Waals surface area contributed by atoms with Gasteiger partial charge in [0.1, 0.15) is 11.2 Å². The summed E-state index contributed by atoms with van der Waals surface area (Å²) in [5, 5.41) is 17.0. The smallest absolute Gasteiger partial charge is 0.337 e. The van der Waals surface area contributed by atoms with E-state index >= 15 is 0 Å². The number of carbonyl (C=O) groups is 1. The van der Waals surface area contributed by atoms with E-state index in [0.29, 0.717) is 0 Å². The highest BCUT2D eigenvalue weighted by atomic mass is 35.5. The molecule has 0 amide bonds. The zero-order chi connectivity index (χ0) is 9.14. The van der Waals surface area contributed by atoms with Gasteiger partial charge in [0.25, 0.3) is 0 Å². The third-order valence-electron chi connectivity index (χ3n) is 1.21. The first-order valence-corrected chi connectivity index (χ1v) is 3.32. The second-order valence-corrected chi connectivity index (χ2v) is 2.34. The molecule has 1 heterocycles. The van der Waals surface area contributed by atoms with Crippen LogP contribution in [0.2, 0.25) is 5.15 Å².